The quantitative estimate of drug-likeness (QED) is 0.320. The second-order valence-corrected chi connectivity index (χ2v) is 23.3. The summed E-state index contributed by atoms with van der Waals surface area (Å²) >= 11 is 0. The summed E-state index contributed by atoms with van der Waals surface area (Å²) in [7, 11) is 1.83. The van der Waals surface area contributed by atoms with E-state index in [1.54, 1.807) is 10.8 Å². The van der Waals surface area contributed by atoms with Crippen LogP contribution in [0.15, 0.2) is 22.9 Å². The molecule has 0 aromatic carbocycles. The van der Waals surface area contributed by atoms with Crippen LogP contribution >= 0.6 is 17.2 Å². The average molecular weight is 511 g/mol. The molecule has 4 nitrogen and oxygen atoms in total. The fraction of sp³-hybridized carbons (Fsp3) is 0.846. The molecule has 0 radical (unpaired) electrons. The Kier molecular flexibility index (Phi) is 8.82. The molecular formula is C26H52N4P2Si. The Hall–Kier alpha value is 0.397. The largest absolute Gasteiger partial charge is 0.314 e. The molecule has 190 valence electrons. The molecule has 3 aliphatic rings. The highest BCUT2D eigenvalue weighted by atomic mass is 31.1. The van der Waals surface area contributed by atoms with Crippen LogP contribution < -0.4 is 21.3 Å². The van der Waals surface area contributed by atoms with Gasteiger partial charge in [0.05, 0.1) is 8.07 Å². The van der Waals surface area contributed by atoms with Crippen LogP contribution in [0.2, 0.25) is 19.6 Å². The van der Waals surface area contributed by atoms with Crippen LogP contribution in [0.4, 0.5) is 0 Å². The van der Waals surface area contributed by atoms with Crippen LogP contribution in [-0.4, -0.2) is 81.1 Å². The minimum Gasteiger partial charge on any atom is -0.314 e. The molecule has 2 fully saturated rings. The standard InChI is InChI=1S/C26H52N4P2Si/c1-24(2,3)32(25(4,5)6)18-19-14-20(33(7,8)9)15-21(19)26(31,22-16-27-10-12-29-22)23-17-28-11-13-30-23/h14-15,19,22-23,27-30H,10-13,16-18,31H2,1-9H3. The maximum atomic E-state index is 3.92. The summed E-state index contributed by atoms with van der Waals surface area (Å²) in [6, 6.07) is 0.819. The molecule has 1 aliphatic carbocycles. The van der Waals surface area contributed by atoms with E-state index < -0.39 is 8.07 Å². The Labute approximate surface area is 209 Å². The zero-order chi connectivity index (χ0) is 24.7. The van der Waals surface area contributed by atoms with E-state index in [2.05, 4.69) is 104 Å². The van der Waals surface area contributed by atoms with E-state index >= 15 is 0 Å². The maximum absolute atomic E-state index is 3.92. The Bertz CT molecular complexity index is 701. The molecule has 2 saturated heterocycles. The van der Waals surface area contributed by atoms with E-state index in [-0.39, 0.29) is 13.1 Å². The van der Waals surface area contributed by atoms with Gasteiger partial charge in [0.15, 0.2) is 0 Å². The van der Waals surface area contributed by atoms with Gasteiger partial charge in [-0.25, -0.2) is 0 Å². The first-order valence-corrected chi connectivity index (χ1v) is 18.6. The number of allylic oxidation sites excluding steroid dienone is 3. The lowest BCUT2D eigenvalue weighted by Crippen LogP contribution is -2.69. The summed E-state index contributed by atoms with van der Waals surface area (Å²) in [6.07, 6.45) is 6.66. The van der Waals surface area contributed by atoms with Crippen molar-refractivity contribution in [3.63, 3.8) is 0 Å². The Balaban J connectivity index is 2.07. The van der Waals surface area contributed by atoms with Gasteiger partial charge in [0.1, 0.15) is 0 Å². The predicted octanol–water partition coefficient (Wildman–Crippen LogP) is 4.16. The van der Waals surface area contributed by atoms with Gasteiger partial charge in [-0.3, -0.25) is 0 Å². The third-order valence-electron chi connectivity index (χ3n) is 7.69. The molecule has 0 saturated carbocycles. The lowest BCUT2D eigenvalue weighted by molar-refractivity contribution is 0.273. The first kappa shape index (κ1) is 28.0. The fourth-order valence-electron chi connectivity index (χ4n) is 6.07. The smallest absolute Gasteiger partial charge is 0.0772 e. The molecule has 4 atom stereocenters. The van der Waals surface area contributed by atoms with Gasteiger partial charge in [0.2, 0.25) is 0 Å². The molecule has 7 heteroatoms. The van der Waals surface area contributed by atoms with Crippen LogP contribution in [0.5, 0.6) is 0 Å². The van der Waals surface area contributed by atoms with Crippen LogP contribution in [0.3, 0.4) is 0 Å². The van der Waals surface area contributed by atoms with Crippen LogP contribution in [0, 0.1) is 5.92 Å². The van der Waals surface area contributed by atoms with Crippen molar-refractivity contribution in [3.05, 3.63) is 22.9 Å². The van der Waals surface area contributed by atoms with Crippen molar-refractivity contribution < 1.29 is 0 Å². The Morgan fingerprint density at radius 2 is 1.36 bits per heavy atom. The molecule has 0 aromatic rings. The SMILES string of the molecule is CC(C)(C)P(CC1C=C([Si](C)(C)C)C=C1C(P)(C1CNCCN1)C1CNCCN1)C(C)(C)C. The van der Waals surface area contributed by atoms with E-state index in [9.17, 15) is 0 Å². The molecule has 0 aromatic heterocycles. The van der Waals surface area contributed by atoms with Crippen molar-refractivity contribution in [1.82, 2.24) is 21.3 Å². The first-order valence-electron chi connectivity index (χ1n) is 13.0. The van der Waals surface area contributed by atoms with E-state index in [1.165, 1.54) is 6.16 Å². The molecule has 0 bridgehead atoms. The molecule has 33 heavy (non-hydrogen) atoms. The highest BCUT2D eigenvalue weighted by Gasteiger charge is 2.50. The van der Waals surface area contributed by atoms with E-state index in [1.807, 2.05) is 0 Å². The first-order chi connectivity index (χ1) is 15.1. The second kappa shape index (κ2) is 10.4. The maximum Gasteiger partial charge on any atom is 0.0772 e. The van der Waals surface area contributed by atoms with Crippen LogP contribution in [-0.2, 0) is 0 Å². The van der Waals surface area contributed by atoms with Crippen molar-refractivity contribution in [2.75, 3.05) is 45.4 Å². The molecule has 3 rings (SSSR count). The van der Waals surface area contributed by atoms with Crippen molar-refractivity contribution in [2.24, 2.45) is 5.92 Å². The van der Waals surface area contributed by atoms with Crippen molar-refractivity contribution >= 4 is 25.2 Å². The zero-order valence-electron chi connectivity index (χ0n) is 22.9. The summed E-state index contributed by atoms with van der Waals surface area (Å²) < 4.78 is 0. The van der Waals surface area contributed by atoms with Gasteiger partial charge >= 0.3 is 0 Å². The Morgan fingerprint density at radius 3 is 1.73 bits per heavy atom. The monoisotopic (exact) mass is 510 g/mol. The summed E-state index contributed by atoms with van der Waals surface area (Å²) in [4.78, 5) is 0. The molecular weight excluding hydrogens is 458 g/mol. The van der Waals surface area contributed by atoms with E-state index in [0.717, 1.165) is 39.3 Å². The summed E-state index contributed by atoms with van der Waals surface area (Å²) in [5.41, 5.74) is 1.66. The average Bonchev–Trinajstić information content (AvgIpc) is 3.16. The molecule has 4 unspecified atom stereocenters. The van der Waals surface area contributed by atoms with Gasteiger partial charge in [-0.1, -0.05) is 86.5 Å². The number of hydrogen-bond donors (Lipinski definition) is 4. The van der Waals surface area contributed by atoms with Crippen molar-refractivity contribution in [2.45, 2.75) is 88.7 Å². The van der Waals surface area contributed by atoms with Gasteiger partial charge in [0, 0.05) is 62.4 Å². The summed E-state index contributed by atoms with van der Waals surface area (Å²) in [5.74, 6) is 0.529. The van der Waals surface area contributed by atoms with Crippen molar-refractivity contribution in [3.8, 4) is 0 Å². The normalized spacial score (nSPS) is 29.6. The number of piperazine rings is 2. The third kappa shape index (κ3) is 6.40. The molecule has 0 spiro atoms. The molecule has 0 amide bonds. The van der Waals surface area contributed by atoms with Gasteiger partial charge < -0.3 is 21.3 Å². The number of nitrogens with one attached hydrogen (secondary N) is 4. The number of hydrogen-bond acceptors (Lipinski definition) is 4. The van der Waals surface area contributed by atoms with Crippen molar-refractivity contribution in [1.29, 1.82) is 0 Å². The molecule has 4 N–H and O–H groups in total. The second-order valence-electron chi connectivity index (χ2n) is 13.4. The minimum atomic E-state index is -1.42. The predicted molar refractivity (Wildman–Crippen MR) is 156 cm³/mol. The lowest BCUT2D eigenvalue weighted by Gasteiger charge is -2.51. The fourth-order valence-corrected chi connectivity index (χ4v) is 11.9. The lowest BCUT2D eigenvalue weighted by atomic mass is 9.78. The minimum absolute atomic E-state index is 0.0137. The zero-order valence-corrected chi connectivity index (χ0v) is 25.9. The Morgan fingerprint density at radius 1 is 0.879 bits per heavy atom. The van der Waals surface area contributed by atoms with Gasteiger partial charge in [-0.05, 0) is 22.0 Å². The summed E-state index contributed by atoms with van der Waals surface area (Å²) in [5, 5.41) is 17.6. The topological polar surface area (TPSA) is 48.1 Å². The van der Waals surface area contributed by atoms with E-state index in [0.29, 0.717) is 28.3 Å². The summed E-state index contributed by atoms with van der Waals surface area (Å²) in [6.45, 7) is 28.6. The van der Waals surface area contributed by atoms with Gasteiger partial charge in [0.25, 0.3) is 0 Å². The highest BCUT2D eigenvalue weighted by molar-refractivity contribution is 7.60. The highest BCUT2D eigenvalue weighted by Crippen LogP contribution is 2.62. The van der Waals surface area contributed by atoms with Crippen LogP contribution in [0.25, 0.3) is 0 Å². The molecule has 2 aliphatic heterocycles. The third-order valence-corrected chi connectivity index (χ3v) is 14.9. The van der Waals surface area contributed by atoms with Gasteiger partial charge in [-0.2, -0.15) is 0 Å². The van der Waals surface area contributed by atoms with Crippen LogP contribution in [0.1, 0.15) is 41.5 Å². The van der Waals surface area contributed by atoms with Gasteiger partial charge in [-0.15, -0.1) is 9.24 Å². The number of rotatable bonds is 6. The van der Waals surface area contributed by atoms with E-state index in [4.69, 9.17) is 0 Å². The molecule has 2 heterocycles.